The van der Waals surface area contributed by atoms with E-state index in [0.29, 0.717) is 0 Å². The first kappa shape index (κ1) is 11.6. The molecule has 2 nitrogen and oxygen atoms in total. The van der Waals surface area contributed by atoms with Crippen molar-refractivity contribution >= 4 is 22.9 Å². The molecule has 1 aromatic heterocycles. The highest BCUT2D eigenvalue weighted by molar-refractivity contribution is 7.15. The molecule has 0 aliphatic heterocycles. The average Bonchev–Trinajstić information content (AvgIpc) is 2.78. The molecule has 0 fully saturated rings. The number of thiophene rings is 1. The lowest BCUT2D eigenvalue weighted by molar-refractivity contribution is 0.190. The summed E-state index contributed by atoms with van der Waals surface area (Å²) in [5, 5.41) is 10.3. The molecule has 2 aromatic rings. The van der Waals surface area contributed by atoms with E-state index in [9.17, 15) is 5.11 Å². The summed E-state index contributed by atoms with van der Waals surface area (Å²) in [6.45, 7) is 0.251. The van der Waals surface area contributed by atoms with Gasteiger partial charge in [0.25, 0.3) is 0 Å². The summed E-state index contributed by atoms with van der Waals surface area (Å²) in [6.07, 6.45) is -0.564. The van der Waals surface area contributed by atoms with Gasteiger partial charge in [-0.3, -0.25) is 0 Å². The van der Waals surface area contributed by atoms with Gasteiger partial charge in [-0.05, 0) is 29.8 Å². The Hall–Kier alpha value is -0.870. The average molecular weight is 254 g/mol. The zero-order chi connectivity index (χ0) is 11.5. The van der Waals surface area contributed by atoms with E-state index in [1.165, 1.54) is 0 Å². The van der Waals surface area contributed by atoms with Crippen LogP contribution in [0, 0.1) is 0 Å². The molecule has 1 heterocycles. The van der Waals surface area contributed by atoms with Gasteiger partial charge in [0.05, 0.1) is 0 Å². The van der Waals surface area contributed by atoms with E-state index in [0.717, 1.165) is 20.3 Å². The summed E-state index contributed by atoms with van der Waals surface area (Å²) in [5.74, 6) is 0. The second kappa shape index (κ2) is 4.97. The van der Waals surface area contributed by atoms with Crippen LogP contribution in [0.5, 0.6) is 0 Å². The van der Waals surface area contributed by atoms with Crippen LogP contribution in [0.15, 0.2) is 36.4 Å². The van der Waals surface area contributed by atoms with Crippen molar-refractivity contribution in [1.29, 1.82) is 0 Å². The van der Waals surface area contributed by atoms with Crippen molar-refractivity contribution < 1.29 is 5.11 Å². The molecule has 0 saturated carbocycles. The molecule has 1 atom stereocenters. The SMILES string of the molecule is NCC(O)c1ccc(-c2ccc(Cl)cc2)s1. The largest absolute Gasteiger partial charge is 0.386 e. The first-order valence-electron chi connectivity index (χ1n) is 4.94. The molecule has 4 heteroatoms. The number of rotatable bonds is 3. The van der Waals surface area contributed by atoms with Gasteiger partial charge < -0.3 is 10.8 Å². The fourth-order valence-corrected chi connectivity index (χ4v) is 2.56. The van der Waals surface area contributed by atoms with Crippen LogP contribution in [-0.2, 0) is 0 Å². The Balaban J connectivity index is 2.28. The van der Waals surface area contributed by atoms with Gasteiger partial charge in [0.15, 0.2) is 0 Å². The molecule has 0 spiro atoms. The number of benzene rings is 1. The molecule has 0 aliphatic carbocycles. The van der Waals surface area contributed by atoms with Gasteiger partial charge >= 0.3 is 0 Å². The minimum atomic E-state index is -0.564. The van der Waals surface area contributed by atoms with E-state index in [2.05, 4.69) is 0 Å². The molecule has 16 heavy (non-hydrogen) atoms. The first-order chi connectivity index (χ1) is 7.70. The fraction of sp³-hybridized carbons (Fsp3) is 0.167. The number of hydrogen-bond donors (Lipinski definition) is 2. The van der Waals surface area contributed by atoms with E-state index >= 15 is 0 Å². The Morgan fingerprint density at radius 2 is 1.88 bits per heavy atom. The second-order valence-electron chi connectivity index (χ2n) is 3.46. The number of aliphatic hydroxyl groups excluding tert-OH is 1. The summed E-state index contributed by atoms with van der Waals surface area (Å²) in [6, 6.07) is 11.5. The molecule has 1 aromatic carbocycles. The minimum absolute atomic E-state index is 0.251. The van der Waals surface area contributed by atoms with E-state index in [4.69, 9.17) is 17.3 Å². The van der Waals surface area contributed by atoms with Crippen LogP contribution in [0.25, 0.3) is 10.4 Å². The summed E-state index contributed by atoms with van der Waals surface area (Å²) >= 11 is 7.38. The normalized spacial score (nSPS) is 12.7. The quantitative estimate of drug-likeness (QED) is 0.883. The molecular weight excluding hydrogens is 242 g/mol. The van der Waals surface area contributed by atoms with E-state index < -0.39 is 6.10 Å². The Labute approximate surface area is 103 Å². The second-order valence-corrected chi connectivity index (χ2v) is 5.01. The number of hydrogen-bond acceptors (Lipinski definition) is 3. The fourth-order valence-electron chi connectivity index (χ4n) is 1.42. The van der Waals surface area contributed by atoms with Crippen molar-refractivity contribution in [2.75, 3.05) is 6.54 Å². The minimum Gasteiger partial charge on any atom is -0.386 e. The number of halogens is 1. The summed E-state index contributed by atoms with van der Waals surface area (Å²) < 4.78 is 0. The van der Waals surface area contributed by atoms with Crippen LogP contribution < -0.4 is 5.73 Å². The van der Waals surface area contributed by atoms with E-state index in [1.807, 2.05) is 36.4 Å². The molecular formula is C12H12ClNOS. The third kappa shape index (κ3) is 2.44. The van der Waals surface area contributed by atoms with Gasteiger partial charge in [0, 0.05) is 21.3 Å². The molecule has 3 N–H and O–H groups in total. The number of aliphatic hydroxyl groups is 1. The van der Waals surface area contributed by atoms with Crippen molar-refractivity contribution in [1.82, 2.24) is 0 Å². The lowest BCUT2D eigenvalue weighted by Crippen LogP contribution is -2.09. The van der Waals surface area contributed by atoms with Crippen LogP contribution in [0.1, 0.15) is 11.0 Å². The third-order valence-corrected chi connectivity index (χ3v) is 3.79. The molecule has 0 saturated heterocycles. The van der Waals surface area contributed by atoms with E-state index in [-0.39, 0.29) is 6.54 Å². The van der Waals surface area contributed by atoms with Crippen molar-refractivity contribution in [2.45, 2.75) is 6.10 Å². The maximum Gasteiger partial charge on any atom is 0.100 e. The van der Waals surface area contributed by atoms with Crippen LogP contribution in [0.3, 0.4) is 0 Å². The predicted octanol–water partition coefficient (Wildman–Crippen LogP) is 3.06. The van der Waals surface area contributed by atoms with Crippen molar-refractivity contribution in [3.63, 3.8) is 0 Å². The van der Waals surface area contributed by atoms with Crippen LogP contribution in [-0.4, -0.2) is 11.7 Å². The lowest BCUT2D eigenvalue weighted by atomic mass is 10.2. The standard InChI is InChI=1S/C12H12ClNOS/c13-9-3-1-8(2-4-9)11-5-6-12(16-11)10(15)7-14/h1-6,10,15H,7,14H2. The zero-order valence-electron chi connectivity index (χ0n) is 8.56. The van der Waals surface area contributed by atoms with Gasteiger partial charge in [-0.1, -0.05) is 23.7 Å². The van der Waals surface area contributed by atoms with E-state index in [1.54, 1.807) is 11.3 Å². The van der Waals surface area contributed by atoms with Crippen molar-refractivity contribution in [3.05, 3.63) is 46.3 Å². The monoisotopic (exact) mass is 253 g/mol. The highest BCUT2D eigenvalue weighted by Gasteiger charge is 2.09. The lowest BCUT2D eigenvalue weighted by Gasteiger charge is -2.02. The Morgan fingerprint density at radius 1 is 1.19 bits per heavy atom. The van der Waals surface area contributed by atoms with Gasteiger partial charge in [-0.15, -0.1) is 11.3 Å². The van der Waals surface area contributed by atoms with Crippen molar-refractivity contribution in [3.8, 4) is 10.4 Å². The molecule has 1 unspecified atom stereocenters. The summed E-state index contributed by atoms with van der Waals surface area (Å²) in [7, 11) is 0. The highest BCUT2D eigenvalue weighted by Crippen LogP contribution is 2.31. The highest BCUT2D eigenvalue weighted by atomic mass is 35.5. The van der Waals surface area contributed by atoms with Crippen molar-refractivity contribution in [2.24, 2.45) is 5.73 Å². The van der Waals surface area contributed by atoms with Gasteiger partial charge in [0.1, 0.15) is 6.10 Å². The van der Waals surface area contributed by atoms with Gasteiger partial charge in [-0.25, -0.2) is 0 Å². The molecule has 0 radical (unpaired) electrons. The number of nitrogens with two attached hydrogens (primary N) is 1. The first-order valence-corrected chi connectivity index (χ1v) is 6.14. The predicted molar refractivity (Wildman–Crippen MR) is 68.8 cm³/mol. The maximum atomic E-state index is 9.60. The molecule has 0 amide bonds. The van der Waals surface area contributed by atoms with Gasteiger partial charge in [-0.2, -0.15) is 0 Å². The Kier molecular flexibility index (Phi) is 3.61. The van der Waals surface area contributed by atoms with Crippen LogP contribution in [0.2, 0.25) is 5.02 Å². The summed E-state index contributed by atoms with van der Waals surface area (Å²) in [4.78, 5) is 2.01. The van der Waals surface area contributed by atoms with Crippen LogP contribution in [0.4, 0.5) is 0 Å². The van der Waals surface area contributed by atoms with Gasteiger partial charge in [0.2, 0.25) is 0 Å². The molecule has 0 bridgehead atoms. The molecule has 2 rings (SSSR count). The third-order valence-electron chi connectivity index (χ3n) is 2.31. The Morgan fingerprint density at radius 3 is 2.50 bits per heavy atom. The topological polar surface area (TPSA) is 46.2 Å². The molecule has 84 valence electrons. The maximum absolute atomic E-state index is 9.60. The molecule has 0 aliphatic rings. The summed E-state index contributed by atoms with van der Waals surface area (Å²) in [5.41, 5.74) is 6.51. The van der Waals surface area contributed by atoms with Crippen LogP contribution >= 0.6 is 22.9 Å². The zero-order valence-corrected chi connectivity index (χ0v) is 10.1. The smallest absolute Gasteiger partial charge is 0.100 e. The Bertz CT molecular complexity index is 466.